The fourth-order valence-corrected chi connectivity index (χ4v) is 3.61. The lowest BCUT2D eigenvalue weighted by molar-refractivity contribution is 0.603. The van der Waals surface area contributed by atoms with Crippen LogP contribution in [0.15, 0.2) is 28.0 Å². The third-order valence-corrected chi connectivity index (χ3v) is 5.09. The van der Waals surface area contributed by atoms with Crippen LogP contribution in [0.4, 0.5) is 5.69 Å². The molecule has 2 aromatic heterocycles. The number of H-pyrrole nitrogens is 1. The summed E-state index contributed by atoms with van der Waals surface area (Å²) >= 11 is 1.21. The maximum absolute atomic E-state index is 12.0. The molecule has 0 aliphatic carbocycles. The monoisotopic (exact) mass is 286 g/mol. The lowest BCUT2D eigenvalue weighted by Crippen LogP contribution is -2.12. The van der Waals surface area contributed by atoms with Gasteiger partial charge in [-0.05, 0) is 23.6 Å². The number of rotatable bonds is 6. The number of nitrogens with one attached hydrogen (secondary N) is 3. The Morgan fingerprint density at radius 1 is 1.50 bits per heavy atom. The molecule has 0 saturated heterocycles. The molecule has 0 aliphatic rings. The molecule has 8 heteroatoms. The van der Waals surface area contributed by atoms with E-state index in [1.165, 1.54) is 23.7 Å². The number of hydrogen-bond donors (Lipinski definition) is 3. The normalized spacial score (nSPS) is 11.6. The number of aromatic nitrogens is 2. The van der Waals surface area contributed by atoms with E-state index >= 15 is 0 Å². The van der Waals surface area contributed by atoms with Crippen molar-refractivity contribution in [2.45, 2.75) is 17.7 Å². The van der Waals surface area contributed by atoms with Gasteiger partial charge in [0.1, 0.15) is 4.21 Å². The molecule has 0 amide bonds. The highest BCUT2D eigenvalue weighted by Gasteiger charge is 2.17. The van der Waals surface area contributed by atoms with Crippen LogP contribution < -0.4 is 10.0 Å². The molecule has 0 unspecified atom stereocenters. The summed E-state index contributed by atoms with van der Waals surface area (Å²) in [5.41, 5.74) is 1.39. The smallest absolute Gasteiger partial charge is 0.271 e. The zero-order valence-corrected chi connectivity index (χ0v) is 11.4. The van der Waals surface area contributed by atoms with Crippen molar-refractivity contribution in [2.24, 2.45) is 0 Å². The predicted octanol–water partition coefficient (Wildman–Crippen LogP) is 1.38. The fraction of sp³-hybridized carbons (Fsp3) is 0.300. The summed E-state index contributed by atoms with van der Waals surface area (Å²) in [7, 11) is -3.51. The molecule has 98 valence electrons. The van der Waals surface area contributed by atoms with Gasteiger partial charge < -0.3 is 5.32 Å². The van der Waals surface area contributed by atoms with Crippen LogP contribution in [0, 0.1) is 0 Å². The van der Waals surface area contributed by atoms with Crippen LogP contribution in [0.3, 0.4) is 0 Å². The van der Waals surface area contributed by atoms with E-state index in [1.54, 1.807) is 6.07 Å². The van der Waals surface area contributed by atoms with Crippen molar-refractivity contribution in [1.82, 2.24) is 15.5 Å². The van der Waals surface area contributed by atoms with Gasteiger partial charge in [-0.2, -0.15) is 5.10 Å². The molecule has 0 saturated carbocycles. The first kappa shape index (κ1) is 13.1. The number of hydrogen-bond acceptors (Lipinski definition) is 5. The average molecular weight is 286 g/mol. The van der Waals surface area contributed by atoms with Crippen LogP contribution in [0.5, 0.6) is 0 Å². The van der Waals surface area contributed by atoms with Crippen LogP contribution in [0.2, 0.25) is 0 Å². The molecule has 0 radical (unpaired) electrons. The highest BCUT2D eigenvalue weighted by atomic mass is 32.2. The van der Waals surface area contributed by atoms with Gasteiger partial charge in [-0.15, -0.1) is 11.3 Å². The maximum atomic E-state index is 12.0. The highest BCUT2D eigenvalue weighted by Crippen LogP contribution is 2.22. The Kier molecular flexibility index (Phi) is 4.00. The Hall–Kier alpha value is -1.38. The fourth-order valence-electron chi connectivity index (χ4n) is 1.37. The third-order valence-electron chi connectivity index (χ3n) is 2.22. The van der Waals surface area contributed by atoms with E-state index in [9.17, 15) is 8.42 Å². The number of anilines is 1. The van der Waals surface area contributed by atoms with Gasteiger partial charge in [-0.25, -0.2) is 8.42 Å². The third kappa shape index (κ3) is 3.09. The quantitative estimate of drug-likeness (QED) is 0.748. The topological polar surface area (TPSA) is 86.9 Å². The SMILES string of the molecule is CCNCc1csc(S(=O)(=O)Nc2cn[nH]c2)c1. The second-order valence-corrected chi connectivity index (χ2v) is 6.47. The van der Waals surface area contributed by atoms with Gasteiger partial charge in [-0.1, -0.05) is 6.92 Å². The van der Waals surface area contributed by atoms with E-state index in [1.807, 2.05) is 12.3 Å². The lowest BCUT2D eigenvalue weighted by Gasteiger charge is -2.02. The standard InChI is InChI=1S/C10H14N4O2S2/c1-2-11-4-8-3-10(17-7-8)18(15,16)14-9-5-12-13-6-9/h3,5-7,11,14H,2,4H2,1H3,(H,12,13). The van der Waals surface area contributed by atoms with E-state index in [0.717, 1.165) is 12.1 Å². The van der Waals surface area contributed by atoms with Crippen molar-refractivity contribution in [2.75, 3.05) is 11.3 Å². The van der Waals surface area contributed by atoms with E-state index in [4.69, 9.17) is 0 Å². The van der Waals surface area contributed by atoms with Gasteiger partial charge in [0.25, 0.3) is 10.0 Å². The summed E-state index contributed by atoms with van der Waals surface area (Å²) in [6.07, 6.45) is 2.91. The van der Waals surface area contributed by atoms with Crippen LogP contribution >= 0.6 is 11.3 Å². The largest absolute Gasteiger partial charge is 0.313 e. The minimum absolute atomic E-state index is 0.302. The first-order valence-electron chi connectivity index (χ1n) is 5.41. The van der Waals surface area contributed by atoms with Gasteiger partial charge in [0.2, 0.25) is 0 Å². The van der Waals surface area contributed by atoms with Crippen molar-refractivity contribution < 1.29 is 8.42 Å². The Morgan fingerprint density at radius 2 is 2.33 bits per heavy atom. The second-order valence-electron chi connectivity index (χ2n) is 3.65. The molecular weight excluding hydrogens is 272 g/mol. The van der Waals surface area contributed by atoms with Crippen molar-refractivity contribution in [3.63, 3.8) is 0 Å². The molecule has 0 aliphatic heterocycles. The molecule has 0 bridgehead atoms. The Morgan fingerprint density at radius 3 is 3.00 bits per heavy atom. The molecule has 0 atom stereocenters. The number of thiophene rings is 1. The maximum Gasteiger partial charge on any atom is 0.271 e. The van der Waals surface area contributed by atoms with Crippen LogP contribution in [0.25, 0.3) is 0 Å². The molecule has 0 aromatic carbocycles. The van der Waals surface area contributed by atoms with Crippen LogP contribution in [0.1, 0.15) is 12.5 Å². The molecule has 6 nitrogen and oxygen atoms in total. The van der Waals surface area contributed by atoms with Crippen molar-refractivity contribution in [3.05, 3.63) is 29.4 Å². The van der Waals surface area contributed by atoms with Gasteiger partial charge in [-0.3, -0.25) is 9.82 Å². The number of nitrogens with zero attached hydrogens (tertiary/aromatic N) is 1. The van der Waals surface area contributed by atoms with E-state index in [2.05, 4.69) is 20.2 Å². The van der Waals surface area contributed by atoms with Gasteiger partial charge >= 0.3 is 0 Å². The highest BCUT2D eigenvalue weighted by molar-refractivity contribution is 7.94. The summed E-state index contributed by atoms with van der Waals surface area (Å²) in [6.45, 7) is 3.53. The average Bonchev–Trinajstić information content (AvgIpc) is 2.96. The van der Waals surface area contributed by atoms with E-state index in [-0.39, 0.29) is 0 Å². The predicted molar refractivity (Wildman–Crippen MR) is 71.1 cm³/mol. The summed E-state index contributed by atoms with van der Waals surface area (Å²) < 4.78 is 26.8. The molecule has 0 fully saturated rings. The van der Waals surface area contributed by atoms with E-state index in [0.29, 0.717) is 16.4 Å². The molecule has 2 rings (SSSR count). The minimum Gasteiger partial charge on any atom is -0.313 e. The molecule has 2 heterocycles. The van der Waals surface area contributed by atoms with Crippen molar-refractivity contribution in [1.29, 1.82) is 0 Å². The molecule has 3 N–H and O–H groups in total. The van der Waals surface area contributed by atoms with Crippen LogP contribution in [-0.2, 0) is 16.6 Å². The number of aromatic amines is 1. The Bertz CT molecular complexity index is 589. The van der Waals surface area contributed by atoms with Gasteiger partial charge in [0.15, 0.2) is 0 Å². The molecule has 2 aromatic rings. The summed E-state index contributed by atoms with van der Waals surface area (Å²) in [5.74, 6) is 0. The number of sulfonamides is 1. The van der Waals surface area contributed by atoms with Crippen LogP contribution in [-0.4, -0.2) is 25.2 Å². The zero-order chi connectivity index (χ0) is 13.0. The second kappa shape index (κ2) is 5.51. The van der Waals surface area contributed by atoms with Crippen molar-refractivity contribution >= 4 is 27.0 Å². The summed E-state index contributed by atoms with van der Waals surface area (Å²) in [5, 5.41) is 11.2. The van der Waals surface area contributed by atoms with Gasteiger partial charge in [0.05, 0.1) is 11.9 Å². The zero-order valence-electron chi connectivity index (χ0n) is 9.80. The van der Waals surface area contributed by atoms with E-state index < -0.39 is 10.0 Å². The van der Waals surface area contributed by atoms with Gasteiger partial charge in [0, 0.05) is 12.7 Å². The minimum atomic E-state index is -3.51. The Balaban J connectivity index is 2.12. The lowest BCUT2D eigenvalue weighted by atomic mass is 10.3. The first-order chi connectivity index (χ1) is 8.62. The molecule has 18 heavy (non-hydrogen) atoms. The Labute approximate surface area is 109 Å². The first-order valence-corrected chi connectivity index (χ1v) is 7.78. The summed E-state index contributed by atoms with van der Waals surface area (Å²) in [4.78, 5) is 0. The molecular formula is C10H14N4O2S2. The molecule has 0 spiro atoms. The summed E-state index contributed by atoms with van der Waals surface area (Å²) in [6, 6.07) is 1.68. The van der Waals surface area contributed by atoms with Crippen molar-refractivity contribution in [3.8, 4) is 0 Å².